The van der Waals surface area contributed by atoms with Crippen LogP contribution < -0.4 is 16.0 Å². The van der Waals surface area contributed by atoms with Crippen LogP contribution >= 0.6 is 12.4 Å². The van der Waals surface area contributed by atoms with Crippen LogP contribution in [0.1, 0.15) is 36.9 Å². The van der Waals surface area contributed by atoms with E-state index in [9.17, 15) is 9.59 Å². The number of hydrogen-bond donors (Lipinski definition) is 3. The zero-order valence-electron chi connectivity index (χ0n) is 15.3. The fraction of sp³-hybridized carbons (Fsp3) is 0.389. The van der Waals surface area contributed by atoms with E-state index in [0.717, 1.165) is 23.2 Å². The number of carbonyl (C=O) groups excluding carboxylic acids is 2. The number of aromatic nitrogens is 2. The first-order valence-corrected chi connectivity index (χ1v) is 8.35. The van der Waals surface area contributed by atoms with E-state index in [1.54, 1.807) is 17.9 Å². The van der Waals surface area contributed by atoms with E-state index in [1.165, 1.54) is 0 Å². The van der Waals surface area contributed by atoms with Gasteiger partial charge in [-0.15, -0.1) is 12.4 Å². The smallest absolute Gasteiger partial charge is 0.242 e. The molecule has 0 saturated heterocycles. The normalized spacial score (nSPS) is 11.3. The van der Waals surface area contributed by atoms with Crippen molar-refractivity contribution >= 4 is 29.9 Å². The summed E-state index contributed by atoms with van der Waals surface area (Å²) in [6.07, 6.45) is 4.82. The van der Waals surface area contributed by atoms with Crippen LogP contribution in [0.4, 0.5) is 5.69 Å². The summed E-state index contributed by atoms with van der Waals surface area (Å²) in [5.41, 5.74) is 2.54. The summed E-state index contributed by atoms with van der Waals surface area (Å²) >= 11 is 0. The predicted octanol–water partition coefficient (Wildman–Crippen LogP) is 2.16. The van der Waals surface area contributed by atoms with Gasteiger partial charge in [-0.05, 0) is 31.2 Å². The predicted molar refractivity (Wildman–Crippen MR) is 104 cm³/mol. The van der Waals surface area contributed by atoms with Crippen LogP contribution in [-0.2, 0) is 23.2 Å². The highest BCUT2D eigenvalue weighted by atomic mass is 35.5. The number of nitrogens with zero attached hydrogens (tertiary/aromatic N) is 2. The molecule has 7 nitrogen and oxygen atoms in total. The second-order valence-corrected chi connectivity index (χ2v) is 5.88. The molecule has 1 atom stereocenters. The molecule has 0 aliphatic rings. The molecule has 0 saturated carbocycles. The van der Waals surface area contributed by atoms with E-state index in [2.05, 4.69) is 21.0 Å². The number of amides is 2. The van der Waals surface area contributed by atoms with Gasteiger partial charge in [-0.25, -0.2) is 0 Å². The molecule has 3 N–H and O–H groups in total. The molecular formula is C18H26ClN5O2. The summed E-state index contributed by atoms with van der Waals surface area (Å²) in [4.78, 5) is 23.9. The molecule has 142 valence electrons. The lowest BCUT2D eigenvalue weighted by molar-refractivity contribution is -0.123. The molecule has 0 aliphatic heterocycles. The Morgan fingerprint density at radius 2 is 1.92 bits per heavy atom. The lowest BCUT2D eigenvalue weighted by Gasteiger charge is -2.14. The van der Waals surface area contributed by atoms with Gasteiger partial charge < -0.3 is 16.0 Å². The van der Waals surface area contributed by atoms with Gasteiger partial charge in [-0.2, -0.15) is 5.10 Å². The van der Waals surface area contributed by atoms with Crippen molar-refractivity contribution in [3.8, 4) is 0 Å². The molecule has 8 heteroatoms. The highest BCUT2D eigenvalue weighted by molar-refractivity contribution is 5.90. The topological polar surface area (TPSA) is 88.1 Å². The second kappa shape index (κ2) is 10.6. The van der Waals surface area contributed by atoms with Gasteiger partial charge in [0.15, 0.2) is 0 Å². The Kier molecular flexibility index (Phi) is 8.81. The Hall–Kier alpha value is -2.38. The number of nitrogens with one attached hydrogen (secondary N) is 3. The van der Waals surface area contributed by atoms with Crippen molar-refractivity contribution in [2.75, 3.05) is 12.4 Å². The molecule has 1 aromatic carbocycles. The molecular weight excluding hydrogens is 354 g/mol. The second-order valence-electron chi connectivity index (χ2n) is 5.88. The van der Waals surface area contributed by atoms with E-state index in [4.69, 9.17) is 0 Å². The maximum atomic E-state index is 12.4. The Morgan fingerprint density at radius 1 is 1.23 bits per heavy atom. The van der Waals surface area contributed by atoms with Gasteiger partial charge in [-0.1, -0.05) is 19.1 Å². The largest absolute Gasteiger partial charge is 0.350 e. The molecule has 0 fully saturated rings. The van der Waals surface area contributed by atoms with Gasteiger partial charge in [0, 0.05) is 37.5 Å². The Bertz CT molecular complexity index is 715. The van der Waals surface area contributed by atoms with Gasteiger partial charge >= 0.3 is 0 Å². The zero-order valence-corrected chi connectivity index (χ0v) is 16.1. The van der Waals surface area contributed by atoms with Crippen LogP contribution in [0.15, 0.2) is 36.7 Å². The summed E-state index contributed by atoms with van der Waals surface area (Å²) in [5.74, 6) is -0.104. The van der Waals surface area contributed by atoms with Crippen molar-refractivity contribution in [2.45, 2.75) is 32.4 Å². The number of aryl methyl sites for hydroxylation is 1. The molecule has 0 spiro atoms. The van der Waals surface area contributed by atoms with Gasteiger partial charge in [0.05, 0.1) is 6.20 Å². The summed E-state index contributed by atoms with van der Waals surface area (Å²) < 4.78 is 1.67. The molecule has 26 heavy (non-hydrogen) atoms. The molecule has 2 aromatic rings. The lowest BCUT2D eigenvalue weighted by Crippen LogP contribution is -2.35. The summed E-state index contributed by atoms with van der Waals surface area (Å²) in [6.45, 7) is 2.38. The minimum atomic E-state index is -0.443. The van der Waals surface area contributed by atoms with Crippen molar-refractivity contribution in [1.29, 1.82) is 0 Å². The number of likely N-dealkylation sites (N-methyl/N-ethyl adjacent to an activating group) is 1. The number of carbonyl (C=O) groups is 2. The molecule has 1 aromatic heterocycles. The van der Waals surface area contributed by atoms with E-state index in [-0.39, 0.29) is 24.2 Å². The molecule has 2 amide bonds. The first-order valence-electron chi connectivity index (χ1n) is 8.35. The number of rotatable bonds is 8. The zero-order chi connectivity index (χ0) is 18.2. The highest BCUT2D eigenvalue weighted by Crippen LogP contribution is 2.13. The van der Waals surface area contributed by atoms with Gasteiger partial charge in [0.25, 0.3) is 0 Å². The van der Waals surface area contributed by atoms with Gasteiger partial charge in [-0.3, -0.25) is 14.3 Å². The maximum Gasteiger partial charge on any atom is 0.242 e. The summed E-state index contributed by atoms with van der Waals surface area (Å²) in [7, 11) is 3.56. The molecule has 1 unspecified atom stereocenters. The van der Waals surface area contributed by atoms with E-state index < -0.39 is 6.04 Å². The van der Waals surface area contributed by atoms with Gasteiger partial charge in [0.2, 0.25) is 11.8 Å². The Morgan fingerprint density at radius 3 is 2.46 bits per heavy atom. The number of benzene rings is 1. The third-order valence-electron chi connectivity index (χ3n) is 3.79. The van der Waals surface area contributed by atoms with Crippen LogP contribution in [0.5, 0.6) is 0 Å². The van der Waals surface area contributed by atoms with E-state index >= 15 is 0 Å². The minimum absolute atomic E-state index is 0. The van der Waals surface area contributed by atoms with E-state index in [0.29, 0.717) is 13.0 Å². The van der Waals surface area contributed by atoms with Crippen LogP contribution in [0.2, 0.25) is 0 Å². The molecule has 0 bridgehead atoms. The third-order valence-corrected chi connectivity index (χ3v) is 3.79. The highest BCUT2D eigenvalue weighted by Gasteiger charge is 2.19. The van der Waals surface area contributed by atoms with Gasteiger partial charge in [0.1, 0.15) is 6.04 Å². The molecule has 0 radical (unpaired) electrons. The Labute approximate surface area is 160 Å². The third kappa shape index (κ3) is 6.16. The summed E-state index contributed by atoms with van der Waals surface area (Å²) in [5, 5.41) is 12.8. The van der Waals surface area contributed by atoms with Crippen LogP contribution in [-0.4, -0.2) is 28.6 Å². The molecule has 1 heterocycles. The summed E-state index contributed by atoms with van der Waals surface area (Å²) in [6, 6.07) is 7.01. The Balaban J connectivity index is 0.00000338. The van der Waals surface area contributed by atoms with Crippen molar-refractivity contribution in [2.24, 2.45) is 7.05 Å². The molecule has 0 aliphatic carbocycles. The minimum Gasteiger partial charge on any atom is -0.350 e. The van der Waals surface area contributed by atoms with Crippen molar-refractivity contribution in [3.05, 3.63) is 47.8 Å². The number of anilines is 1. The maximum absolute atomic E-state index is 12.4. The fourth-order valence-corrected chi connectivity index (χ4v) is 2.49. The van der Waals surface area contributed by atoms with Crippen LogP contribution in [0.3, 0.4) is 0 Å². The SMILES string of the molecule is CCCC(=O)Nc1ccc(CNC(=O)C(NC)c2cnn(C)c2)cc1.Cl. The lowest BCUT2D eigenvalue weighted by atomic mass is 10.1. The quantitative estimate of drug-likeness (QED) is 0.655. The van der Waals surface area contributed by atoms with Crippen molar-refractivity contribution < 1.29 is 9.59 Å². The fourth-order valence-electron chi connectivity index (χ4n) is 2.49. The van der Waals surface area contributed by atoms with Crippen LogP contribution in [0.25, 0.3) is 0 Å². The number of hydrogen-bond acceptors (Lipinski definition) is 4. The van der Waals surface area contributed by atoms with E-state index in [1.807, 2.05) is 44.4 Å². The standard InChI is InChI=1S/C18H25N5O2.ClH/c1-4-5-16(24)22-15-8-6-13(7-9-15)10-20-18(25)17(19-2)14-11-21-23(3)12-14;/h6-9,11-12,17,19H,4-5,10H2,1-3H3,(H,20,25)(H,22,24);1H. The van der Waals surface area contributed by atoms with Crippen molar-refractivity contribution in [3.63, 3.8) is 0 Å². The first-order chi connectivity index (χ1) is 12.0. The van der Waals surface area contributed by atoms with Crippen LogP contribution in [0, 0.1) is 0 Å². The average Bonchev–Trinajstić information content (AvgIpc) is 3.01. The first kappa shape index (κ1) is 21.7. The molecule has 2 rings (SSSR count). The average molecular weight is 380 g/mol. The number of halogens is 1. The van der Waals surface area contributed by atoms with Crippen molar-refractivity contribution in [1.82, 2.24) is 20.4 Å². The monoisotopic (exact) mass is 379 g/mol.